The van der Waals surface area contributed by atoms with E-state index >= 15 is 0 Å². The molecule has 0 aromatic carbocycles. The number of likely N-dealkylation sites (N-methyl/N-ethyl adjacent to an activating group) is 1. The molecule has 3 aliphatic rings. The Bertz CT molecular complexity index is 676. The highest BCUT2D eigenvalue weighted by Crippen LogP contribution is 2.32. The fourth-order valence-corrected chi connectivity index (χ4v) is 4.98. The molecule has 0 aromatic rings. The average molecular weight is 496 g/mol. The first-order valence-electron chi connectivity index (χ1n) is 11.5. The molecule has 3 fully saturated rings. The third kappa shape index (κ3) is 5.40. The molecule has 0 bridgehead atoms. The summed E-state index contributed by atoms with van der Waals surface area (Å²) in [6.45, 7) is 3.00. The third-order valence-corrected chi connectivity index (χ3v) is 6.99. The number of ether oxygens (including phenoxy) is 4. The van der Waals surface area contributed by atoms with Crippen LogP contribution in [0.1, 0.15) is 20.3 Å². The minimum atomic E-state index is -1.38. The van der Waals surface area contributed by atoms with E-state index < -0.39 is 91.1 Å². The van der Waals surface area contributed by atoms with Crippen LogP contribution in [0, 0.1) is 0 Å². The van der Waals surface area contributed by atoms with Gasteiger partial charge in [-0.1, -0.05) is 0 Å². The van der Waals surface area contributed by atoms with E-state index in [0.717, 1.165) is 0 Å². The predicted molar refractivity (Wildman–Crippen MR) is 118 cm³/mol. The van der Waals surface area contributed by atoms with Gasteiger partial charge in [-0.2, -0.15) is 0 Å². The summed E-state index contributed by atoms with van der Waals surface area (Å²) in [6, 6.07) is -3.99. The smallest absolute Gasteiger partial charge is 0.185 e. The molecule has 0 spiro atoms. The van der Waals surface area contributed by atoms with Crippen LogP contribution in [-0.2, 0) is 18.9 Å². The summed E-state index contributed by atoms with van der Waals surface area (Å²) in [6.07, 6.45) is -10.6. The van der Waals surface area contributed by atoms with Crippen molar-refractivity contribution in [3.8, 4) is 0 Å². The van der Waals surface area contributed by atoms with Gasteiger partial charge in [-0.3, -0.25) is 0 Å². The van der Waals surface area contributed by atoms with Crippen LogP contribution in [0.15, 0.2) is 0 Å². The molecule has 1 saturated carbocycles. The molecule has 200 valence electrons. The Morgan fingerprint density at radius 1 is 0.941 bits per heavy atom. The van der Waals surface area contributed by atoms with Crippen molar-refractivity contribution in [3.05, 3.63) is 0 Å². The lowest BCUT2D eigenvalue weighted by Crippen LogP contribution is -2.70. The molecule has 0 radical (unpaired) electrons. The van der Waals surface area contributed by atoms with Crippen LogP contribution in [-0.4, -0.2) is 130 Å². The van der Waals surface area contributed by atoms with Crippen molar-refractivity contribution in [2.45, 2.75) is 111 Å². The van der Waals surface area contributed by atoms with Gasteiger partial charge in [0, 0.05) is 18.1 Å². The standard InChI is InChI=1S/C20H41N5O9/c1-6(21)14-11(27)10(26)9(24)18(32-14)33-15-7(22)4-8(23)16(12(15)28)34-19-13(29)17(25-3)20(2,30)5-31-19/h6-19,25-30H,4-5,21-24H2,1-3H3/t6-,7-,8+,9+,10-,11-,12+,13-,14+,15+,16-,17+,18+,19+,20-/m0/s1. The fourth-order valence-electron chi connectivity index (χ4n) is 4.98. The van der Waals surface area contributed by atoms with Gasteiger partial charge in [-0.15, -0.1) is 0 Å². The second-order valence-corrected chi connectivity index (χ2v) is 9.94. The summed E-state index contributed by atoms with van der Waals surface area (Å²) < 4.78 is 23.0. The zero-order valence-electron chi connectivity index (χ0n) is 19.7. The Morgan fingerprint density at radius 2 is 1.50 bits per heavy atom. The molecule has 34 heavy (non-hydrogen) atoms. The number of aliphatic hydroxyl groups is 5. The minimum Gasteiger partial charge on any atom is -0.388 e. The van der Waals surface area contributed by atoms with Crippen LogP contribution in [0.4, 0.5) is 0 Å². The maximum absolute atomic E-state index is 11.1. The van der Waals surface area contributed by atoms with E-state index in [0.29, 0.717) is 0 Å². The maximum atomic E-state index is 11.1. The first-order chi connectivity index (χ1) is 15.8. The summed E-state index contributed by atoms with van der Waals surface area (Å²) in [5.41, 5.74) is 22.9. The van der Waals surface area contributed by atoms with Gasteiger partial charge in [-0.05, 0) is 27.3 Å². The van der Waals surface area contributed by atoms with Crippen molar-refractivity contribution in [1.82, 2.24) is 5.32 Å². The van der Waals surface area contributed by atoms with E-state index in [4.69, 9.17) is 41.9 Å². The minimum absolute atomic E-state index is 0.124. The van der Waals surface area contributed by atoms with Gasteiger partial charge in [0.25, 0.3) is 0 Å². The molecular formula is C20H41N5O9. The van der Waals surface area contributed by atoms with Crippen molar-refractivity contribution < 1.29 is 44.5 Å². The van der Waals surface area contributed by atoms with Gasteiger partial charge in [-0.25, -0.2) is 0 Å². The summed E-state index contributed by atoms with van der Waals surface area (Å²) >= 11 is 0. The Hall–Kier alpha value is -0.560. The van der Waals surface area contributed by atoms with E-state index in [2.05, 4.69) is 5.32 Å². The molecule has 2 aliphatic heterocycles. The van der Waals surface area contributed by atoms with Crippen molar-refractivity contribution in [3.63, 3.8) is 0 Å². The van der Waals surface area contributed by atoms with Gasteiger partial charge in [0.2, 0.25) is 0 Å². The molecule has 0 unspecified atom stereocenters. The predicted octanol–water partition coefficient (Wildman–Crippen LogP) is -5.65. The van der Waals surface area contributed by atoms with Gasteiger partial charge in [0.1, 0.15) is 48.3 Å². The van der Waals surface area contributed by atoms with Gasteiger partial charge in [0.15, 0.2) is 12.6 Å². The second-order valence-electron chi connectivity index (χ2n) is 9.94. The first-order valence-corrected chi connectivity index (χ1v) is 11.5. The van der Waals surface area contributed by atoms with E-state index in [1.807, 2.05) is 0 Å². The highest BCUT2D eigenvalue weighted by molar-refractivity contribution is 5.02. The van der Waals surface area contributed by atoms with Gasteiger partial charge < -0.3 is 72.7 Å². The van der Waals surface area contributed by atoms with E-state index in [-0.39, 0.29) is 13.0 Å². The number of nitrogens with one attached hydrogen (secondary N) is 1. The molecule has 14 nitrogen and oxygen atoms in total. The highest BCUT2D eigenvalue weighted by atomic mass is 16.7. The Balaban J connectivity index is 1.73. The molecule has 1 aliphatic carbocycles. The third-order valence-electron chi connectivity index (χ3n) is 6.99. The molecule has 14 heteroatoms. The molecule has 15 atom stereocenters. The summed E-state index contributed by atoms with van der Waals surface area (Å²) in [7, 11) is 1.59. The van der Waals surface area contributed by atoms with Crippen molar-refractivity contribution >= 4 is 0 Å². The fraction of sp³-hybridized carbons (Fsp3) is 1.00. The van der Waals surface area contributed by atoms with Crippen molar-refractivity contribution in [2.24, 2.45) is 22.9 Å². The normalized spacial score (nSPS) is 53.5. The lowest BCUT2D eigenvalue weighted by Gasteiger charge is -2.49. The molecule has 2 saturated heterocycles. The molecule has 2 heterocycles. The number of aliphatic hydroxyl groups excluding tert-OH is 4. The lowest BCUT2D eigenvalue weighted by atomic mass is 9.84. The summed E-state index contributed by atoms with van der Waals surface area (Å²) in [5, 5.41) is 55.6. The van der Waals surface area contributed by atoms with Crippen LogP contribution >= 0.6 is 0 Å². The van der Waals surface area contributed by atoms with Gasteiger partial charge >= 0.3 is 0 Å². The van der Waals surface area contributed by atoms with Crippen LogP contribution in [0.2, 0.25) is 0 Å². The first kappa shape index (κ1) is 28.0. The Labute approximate surface area is 198 Å². The SMILES string of the molecule is CN[C@@H]1[C@H](O)[C@@H](O[C@@H]2[C@H](O)[C@H](O[C@H]3O[C@H]([C@H](C)N)[C@@H](O)[C@@H](O)[C@H]3N)[C@@H](N)C[C@H]2N)OC[C@]1(C)O. The largest absolute Gasteiger partial charge is 0.388 e. The van der Waals surface area contributed by atoms with Crippen LogP contribution in [0.5, 0.6) is 0 Å². The average Bonchev–Trinajstić information content (AvgIpc) is 2.75. The molecule has 14 N–H and O–H groups in total. The number of hydrogen-bond donors (Lipinski definition) is 10. The highest BCUT2D eigenvalue weighted by Gasteiger charge is 2.52. The van der Waals surface area contributed by atoms with E-state index in [1.54, 1.807) is 14.0 Å². The maximum Gasteiger partial charge on any atom is 0.185 e. The molecule has 3 rings (SSSR count). The zero-order chi connectivity index (χ0) is 25.5. The van der Waals surface area contributed by atoms with Crippen LogP contribution < -0.4 is 28.3 Å². The Kier molecular flexibility index (Phi) is 8.92. The monoisotopic (exact) mass is 495 g/mol. The number of rotatable bonds is 6. The van der Waals surface area contributed by atoms with Crippen LogP contribution in [0.25, 0.3) is 0 Å². The van der Waals surface area contributed by atoms with E-state index in [1.165, 1.54) is 6.92 Å². The lowest BCUT2D eigenvalue weighted by molar-refractivity contribution is -0.315. The number of nitrogens with two attached hydrogens (primary N) is 4. The van der Waals surface area contributed by atoms with Crippen molar-refractivity contribution in [2.75, 3.05) is 13.7 Å². The summed E-state index contributed by atoms with van der Waals surface area (Å²) in [5.74, 6) is 0. The van der Waals surface area contributed by atoms with Gasteiger partial charge in [0.05, 0.1) is 18.7 Å². The van der Waals surface area contributed by atoms with E-state index in [9.17, 15) is 25.5 Å². The molecule has 0 aromatic heterocycles. The van der Waals surface area contributed by atoms with Crippen LogP contribution in [0.3, 0.4) is 0 Å². The Morgan fingerprint density at radius 3 is 2.03 bits per heavy atom. The topological polar surface area (TPSA) is 254 Å². The second kappa shape index (κ2) is 10.8. The quantitative estimate of drug-likeness (QED) is 0.165. The molecule has 0 amide bonds. The zero-order valence-corrected chi connectivity index (χ0v) is 19.7. The van der Waals surface area contributed by atoms with Crippen molar-refractivity contribution in [1.29, 1.82) is 0 Å². The number of hydrogen-bond acceptors (Lipinski definition) is 14. The molecular weight excluding hydrogens is 454 g/mol. The summed E-state index contributed by atoms with van der Waals surface area (Å²) in [4.78, 5) is 0.